The fourth-order valence-electron chi connectivity index (χ4n) is 4.10. The monoisotopic (exact) mass is 426 g/mol. The highest BCUT2D eigenvalue weighted by atomic mass is 16.5. The van der Waals surface area contributed by atoms with Crippen LogP contribution in [0.5, 0.6) is 0 Å². The molecule has 5 N–H and O–H groups in total. The molecule has 0 spiro atoms. The number of nitrogens with zero attached hydrogens (tertiary/aromatic N) is 2. The summed E-state index contributed by atoms with van der Waals surface area (Å²) in [6.07, 6.45) is 5.76. The number of methoxy groups -OCH3 is 1. The van der Waals surface area contributed by atoms with Crippen LogP contribution in [0.25, 0.3) is 11.3 Å². The molecule has 0 aliphatic carbocycles. The van der Waals surface area contributed by atoms with Crippen molar-refractivity contribution in [1.82, 2.24) is 20.2 Å². The van der Waals surface area contributed by atoms with E-state index in [1.165, 1.54) is 7.11 Å². The van der Waals surface area contributed by atoms with E-state index in [4.69, 9.17) is 15.9 Å². The highest BCUT2D eigenvalue weighted by Crippen LogP contribution is 2.26. The number of amides is 1. The minimum absolute atomic E-state index is 0.0549. The predicted molar refractivity (Wildman–Crippen MR) is 117 cm³/mol. The summed E-state index contributed by atoms with van der Waals surface area (Å²) in [6.45, 7) is 3.22. The van der Waals surface area contributed by atoms with E-state index in [1.807, 2.05) is 24.0 Å². The summed E-state index contributed by atoms with van der Waals surface area (Å²) in [5.74, 6) is -0.807. The van der Waals surface area contributed by atoms with Crippen LogP contribution in [0.15, 0.2) is 36.8 Å². The van der Waals surface area contributed by atoms with Gasteiger partial charge in [-0.15, -0.1) is 0 Å². The summed E-state index contributed by atoms with van der Waals surface area (Å²) in [7, 11) is 1.36. The molecule has 166 valence electrons. The molecule has 0 radical (unpaired) electrons. The van der Waals surface area contributed by atoms with Crippen LogP contribution in [0.2, 0.25) is 0 Å². The van der Waals surface area contributed by atoms with Crippen LogP contribution < -0.4 is 11.1 Å². The fourth-order valence-corrected chi connectivity index (χ4v) is 4.10. The van der Waals surface area contributed by atoms with Crippen molar-refractivity contribution in [1.29, 1.82) is 5.41 Å². The number of carbonyl (C=O) groups excluding carboxylic acids is 2. The molecule has 0 saturated carbocycles. The Morgan fingerprint density at radius 1 is 1.39 bits per heavy atom. The number of esters is 1. The normalized spacial score (nSPS) is 18.1. The Balaban J connectivity index is 1.64. The van der Waals surface area contributed by atoms with Gasteiger partial charge in [0.05, 0.1) is 31.2 Å². The number of nitrogens with one attached hydrogen (secondary N) is 3. The molecule has 31 heavy (non-hydrogen) atoms. The highest BCUT2D eigenvalue weighted by molar-refractivity contribution is 5.95. The molecule has 1 aromatic carbocycles. The van der Waals surface area contributed by atoms with E-state index in [1.54, 1.807) is 24.7 Å². The van der Waals surface area contributed by atoms with Crippen LogP contribution in [-0.4, -0.2) is 58.9 Å². The van der Waals surface area contributed by atoms with Crippen LogP contribution >= 0.6 is 0 Å². The zero-order valence-electron chi connectivity index (χ0n) is 17.9. The van der Waals surface area contributed by atoms with Gasteiger partial charge in [0.1, 0.15) is 0 Å². The summed E-state index contributed by atoms with van der Waals surface area (Å²) in [6, 6.07) is 6.79. The number of hydrogen-bond acceptors (Lipinski definition) is 5. The summed E-state index contributed by atoms with van der Waals surface area (Å²) in [4.78, 5) is 34.1. The molecule has 9 nitrogen and oxygen atoms in total. The van der Waals surface area contributed by atoms with E-state index in [-0.39, 0.29) is 23.8 Å². The number of ether oxygens (including phenoxy) is 1. The van der Waals surface area contributed by atoms with E-state index >= 15 is 0 Å². The topological polar surface area (TPSA) is 137 Å². The smallest absolute Gasteiger partial charge is 0.310 e. The van der Waals surface area contributed by atoms with Gasteiger partial charge < -0.3 is 25.7 Å². The van der Waals surface area contributed by atoms with Gasteiger partial charge in [-0.05, 0) is 49.8 Å². The van der Waals surface area contributed by atoms with Crippen molar-refractivity contribution in [2.75, 3.05) is 20.2 Å². The molecule has 2 heterocycles. The number of H-pyrrole nitrogens is 1. The van der Waals surface area contributed by atoms with Gasteiger partial charge in [0.15, 0.2) is 5.96 Å². The van der Waals surface area contributed by atoms with Gasteiger partial charge in [-0.2, -0.15) is 0 Å². The number of nitrogens with two attached hydrogens (primary N) is 1. The van der Waals surface area contributed by atoms with Crippen molar-refractivity contribution in [3.63, 3.8) is 0 Å². The van der Waals surface area contributed by atoms with Crippen LogP contribution in [0.4, 0.5) is 0 Å². The molecule has 1 fully saturated rings. The average molecular weight is 427 g/mol. The lowest BCUT2D eigenvalue weighted by Crippen LogP contribution is -2.46. The molecular weight excluding hydrogens is 396 g/mol. The quantitative estimate of drug-likeness (QED) is 0.303. The van der Waals surface area contributed by atoms with E-state index in [9.17, 15) is 9.59 Å². The minimum Gasteiger partial charge on any atom is -0.469 e. The molecule has 1 saturated heterocycles. The van der Waals surface area contributed by atoms with Gasteiger partial charge in [-0.3, -0.25) is 15.0 Å². The molecule has 2 unspecified atom stereocenters. The SMILES string of the molecule is COC(=O)[C@H](CC1CCCN(C(=N)N)C1)C(C)NC(=O)c1ccc(-c2cnc[nH]2)cc1. The summed E-state index contributed by atoms with van der Waals surface area (Å²) >= 11 is 0. The molecule has 1 aliphatic heterocycles. The second kappa shape index (κ2) is 10.1. The van der Waals surface area contributed by atoms with Crippen LogP contribution in [-0.2, 0) is 9.53 Å². The van der Waals surface area contributed by atoms with Crippen molar-refractivity contribution in [3.8, 4) is 11.3 Å². The largest absolute Gasteiger partial charge is 0.469 e. The average Bonchev–Trinajstić information content (AvgIpc) is 3.32. The van der Waals surface area contributed by atoms with E-state index in [0.717, 1.165) is 30.6 Å². The lowest BCUT2D eigenvalue weighted by atomic mass is 9.85. The van der Waals surface area contributed by atoms with Gasteiger partial charge in [-0.1, -0.05) is 12.1 Å². The zero-order valence-corrected chi connectivity index (χ0v) is 17.9. The molecule has 3 rings (SSSR count). The third kappa shape index (κ3) is 5.62. The number of benzene rings is 1. The Morgan fingerprint density at radius 2 is 2.13 bits per heavy atom. The Bertz CT molecular complexity index is 896. The lowest BCUT2D eigenvalue weighted by Gasteiger charge is -2.35. The number of imidazole rings is 1. The number of guanidine groups is 1. The van der Waals surface area contributed by atoms with Crippen LogP contribution in [0.1, 0.15) is 36.5 Å². The van der Waals surface area contributed by atoms with Crippen molar-refractivity contribution < 1.29 is 14.3 Å². The van der Waals surface area contributed by atoms with E-state index in [2.05, 4.69) is 15.3 Å². The van der Waals surface area contributed by atoms with Crippen molar-refractivity contribution in [2.45, 2.75) is 32.2 Å². The Kier molecular flexibility index (Phi) is 7.28. The Labute approximate surface area is 181 Å². The van der Waals surface area contributed by atoms with Crippen LogP contribution in [0.3, 0.4) is 0 Å². The third-order valence-corrected chi connectivity index (χ3v) is 5.87. The van der Waals surface area contributed by atoms with Gasteiger partial charge >= 0.3 is 5.97 Å². The molecule has 3 atom stereocenters. The van der Waals surface area contributed by atoms with Crippen LogP contribution in [0, 0.1) is 17.2 Å². The first kappa shape index (κ1) is 22.3. The fraction of sp³-hybridized carbons (Fsp3) is 0.455. The predicted octanol–water partition coefficient (Wildman–Crippen LogP) is 1.98. The molecule has 2 aromatic rings. The van der Waals surface area contributed by atoms with Gasteiger partial charge in [0.25, 0.3) is 5.91 Å². The number of hydrogen-bond donors (Lipinski definition) is 4. The first-order valence-corrected chi connectivity index (χ1v) is 10.5. The number of likely N-dealkylation sites (tertiary alicyclic amines) is 1. The molecule has 0 bridgehead atoms. The van der Waals surface area contributed by atoms with Gasteiger partial charge in [-0.25, -0.2) is 4.98 Å². The highest BCUT2D eigenvalue weighted by Gasteiger charge is 2.32. The molecule has 1 aliphatic rings. The third-order valence-electron chi connectivity index (χ3n) is 5.87. The maximum atomic E-state index is 12.8. The zero-order chi connectivity index (χ0) is 22.4. The number of aromatic nitrogens is 2. The van der Waals surface area contributed by atoms with Crippen molar-refractivity contribution >= 4 is 17.8 Å². The Hall–Kier alpha value is -3.36. The molecule has 1 aromatic heterocycles. The van der Waals surface area contributed by atoms with E-state index < -0.39 is 12.0 Å². The second-order valence-electron chi connectivity index (χ2n) is 8.01. The number of piperidine rings is 1. The van der Waals surface area contributed by atoms with Crippen molar-refractivity contribution in [2.24, 2.45) is 17.6 Å². The summed E-state index contributed by atoms with van der Waals surface area (Å²) in [5.41, 5.74) is 7.95. The number of carbonyl (C=O) groups is 2. The van der Waals surface area contributed by atoms with E-state index in [0.29, 0.717) is 18.5 Å². The maximum Gasteiger partial charge on any atom is 0.310 e. The molecular formula is C22H30N6O3. The summed E-state index contributed by atoms with van der Waals surface area (Å²) in [5, 5.41) is 10.6. The first-order chi connectivity index (χ1) is 14.9. The summed E-state index contributed by atoms with van der Waals surface area (Å²) < 4.78 is 5.01. The number of rotatable bonds is 7. The first-order valence-electron chi connectivity index (χ1n) is 10.5. The van der Waals surface area contributed by atoms with Gasteiger partial charge in [0, 0.05) is 24.7 Å². The van der Waals surface area contributed by atoms with Gasteiger partial charge in [0.2, 0.25) is 0 Å². The second-order valence-corrected chi connectivity index (χ2v) is 8.01. The van der Waals surface area contributed by atoms with Crippen molar-refractivity contribution in [3.05, 3.63) is 42.4 Å². The minimum atomic E-state index is -0.477. The maximum absolute atomic E-state index is 12.8. The standard InChI is InChI=1S/C22H30N6O3/c1-14(18(21(30)31-2)10-15-4-3-9-28(12-15)22(23)24)27-20(29)17-7-5-16(6-8-17)19-11-25-13-26-19/h5-8,11,13-15,18H,3-4,9-10,12H2,1-2H3,(H3,23,24)(H,25,26)(H,27,29)/t14?,15?,18-/m1/s1. The number of aromatic amines is 1. The Morgan fingerprint density at radius 3 is 2.74 bits per heavy atom. The molecule has 1 amide bonds. The molecule has 9 heteroatoms. The lowest BCUT2D eigenvalue weighted by molar-refractivity contribution is -0.147.